The number of rotatable bonds is 3. The van der Waals surface area contributed by atoms with Crippen molar-refractivity contribution in [1.82, 2.24) is 14.3 Å². The van der Waals surface area contributed by atoms with Gasteiger partial charge in [-0.05, 0) is 45.4 Å². The van der Waals surface area contributed by atoms with E-state index in [9.17, 15) is 4.79 Å². The van der Waals surface area contributed by atoms with E-state index in [2.05, 4.69) is 4.98 Å². The monoisotopic (exact) mass is 245 g/mol. The molecule has 0 aromatic carbocycles. The summed E-state index contributed by atoms with van der Waals surface area (Å²) in [6.45, 7) is 9.32. The van der Waals surface area contributed by atoms with Crippen molar-refractivity contribution in [3.05, 3.63) is 35.3 Å². The van der Waals surface area contributed by atoms with Crippen molar-refractivity contribution < 1.29 is 4.79 Å². The van der Waals surface area contributed by atoms with Crippen LogP contribution in [0.5, 0.6) is 0 Å². The molecule has 2 aromatic heterocycles. The molecule has 0 saturated heterocycles. The first-order chi connectivity index (χ1) is 8.58. The second-order valence-corrected chi connectivity index (χ2v) is 4.46. The van der Waals surface area contributed by atoms with Crippen LogP contribution in [0.2, 0.25) is 0 Å². The second kappa shape index (κ2) is 4.80. The Bertz CT molecular complexity index is 582. The average molecular weight is 245 g/mol. The summed E-state index contributed by atoms with van der Waals surface area (Å²) in [7, 11) is 0. The molecule has 1 amide bonds. The van der Waals surface area contributed by atoms with Crippen LogP contribution in [0, 0.1) is 13.8 Å². The Labute approximate surface area is 107 Å². The van der Waals surface area contributed by atoms with Crippen LogP contribution >= 0.6 is 0 Å². The zero-order valence-corrected chi connectivity index (χ0v) is 11.4. The van der Waals surface area contributed by atoms with Gasteiger partial charge in [0.15, 0.2) is 0 Å². The maximum absolute atomic E-state index is 12.5. The Hall–Kier alpha value is -1.84. The standard InChI is InChI=1S/C14H19N3O/c1-5-16(6-2)14(18)13-11(4)15-12-9-10(3)7-8-17(12)13/h7-9H,5-6H2,1-4H3. The number of hydrogen-bond acceptors (Lipinski definition) is 2. The van der Waals surface area contributed by atoms with E-state index in [1.807, 2.05) is 55.3 Å². The Kier molecular flexibility index (Phi) is 3.36. The molecule has 0 aliphatic heterocycles. The third-order valence-corrected chi connectivity index (χ3v) is 3.21. The molecule has 2 heterocycles. The lowest BCUT2D eigenvalue weighted by atomic mass is 10.3. The highest BCUT2D eigenvalue weighted by Gasteiger charge is 2.20. The molecule has 18 heavy (non-hydrogen) atoms. The van der Waals surface area contributed by atoms with Gasteiger partial charge in [-0.25, -0.2) is 4.98 Å². The average Bonchev–Trinajstić information content (AvgIpc) is 2.65. The van der Waals surface area contributed by atoms with E-state index >= 15 is 0 Å². The van der Waals surface area contributed by atoms with Crippen LogP contribution in [-0.4, -0.2) is 33.3 Å². The molecule has 0 radical (unpaired) electrons. The molecule has 2 rings (SSSR count). The Morgan fingerprint density at radius 3 is 2.61 bits per heavy atom. The van der Waals surface area contributed by atoms with Gasteiger partial charge in [-0.1, -0.05) is 0 Å². The van der Waals surface area contributed by atoms with Crippen molar-refractivity contribution >= 4 is 11.6 Å². The largest absolute Gasteiger partial charge is 0.338 e. The Balaban J connectivity index is 2.57. The lowest BCUT2D eigenvalue weighted by molar-refractivity contribution is 0.0765. The van der Waals surface area contributed by atoms with E-state index in [1.54, 1.807) is 0 Å². The Morgan fingerprint density at radius 1 is 1.33 bits per heavy atom. The summed E-state index contributed by atoms with van der Waals surface area (Å²) in [6, 6.07) is 3.99. The fourth-order valence-electron chi connectivity index (χ4n) is 2.18. The molecule has 4 heteroatoms. The van der Waals surface area contributed by atoms with Gasteiger partial charge in [-0.15, -0.1) is 0 Å². The molecule has 0 saturated carbocycles. The predicted octanol–water partition coefficient (Wildman–Crippen LogP) is 2.43. The first kappa shape index (κ1) is 12.6. The number of carbonyl (C=O) groups excluding carboxylic acids is 1. The van der Waals surface area contributed by atoms with Gasteiger partial charge in [0.25, 0.3) is 5.91 Å². The number of nitrogens with zero attached hydrogens (tertiary/aromatic N) is 3. The second-order valence-electron chi connectivity index (χ2n) is 4.46. The number of hydrogen-bond donors (Lipinski definition) is 0. The third-order valence-electron chi connectivity index (χ3n) is 3.21. The third kappa shape index (κ3) is 1.98. The van der Waals surface area contributed by atoms with Crippen LogP contribution in [0.1, 0.15) is 35.6 Å². The van der Waals surface area contributed by atoms with Crippen molar-refractivity contribution in [2.45, 2.75) is 27.7 Å². The van der Waals surface area contributed by atoms with Crippen LogP contribution in [-0.2, 0) is 0 Å². The summed E-state index contributed by atoms with van der Waals surface area (Å²) >= 11 is 0. The Morgan fingerprint density at radius 2 is 2.00 bits per heavy atom. The van der Waals surface area contributed by atoms with Crippen LogP contribution in [0.4, 0.5) is 0 Å². The molecule has 0 aliphatic carbocycles. The number of fused-ring (bicyclic) bond motifs is 1. The SMILES string of the molecule is CCN(CC)C(=O)c1c(C)nc2cc(C)ccn12. The minimum atomic E-state index is 0.0499. The fourth-order valence-corrected chi connectivity index (χ4v) is 2.18. The predicted molar refractivity (Wildman–Crippen MR) is 71.9 cm³/mol. The minimum absolute atomic E-state index is 0.0499. The summed E-state index contributed by atoms with van der Waals surface area (Å²) in [6.07, 6.45) is 1.92. The number of aryl methyl sites for hydroxylation is 2. The lowest BCUT2D eigenvalue weighted by Gasteiger charge is -2.18. The highest BCUT2D eigenvalue weighted by molar-refractivity contribution is 5.94. The fraction of sp³-hybridized carbons (Fsp3) is 0.429. The molecule has 0 bridgehead atoms. The van der Waals surface area contributed by atoms with Crippen molar-refractivity contribution in [3.8, 4) is 0 Å². The maximum atomic E-state index is 12.5. The van der Waals surface area contributed by atoms with Gasteiger partial charge in [0.05, 0.1) is 5.69 Å². The summed E-state index contributed by atoms with van der Waals surface area (Å²) in [4.78, 5) is 18.7. The van der Waals surface area contributed by atoms with Crippen LogP contribution < -0.4 is 0 Å². The number of aromatic nitrogens is 2. The van der Waals surface area contributed by atoms with Gasteiger partial charge in [-0.3, -0.25) is 9.20 Å². The normalized spacial score (nSPS) is 10.9. The highest BCUT2D eigenvalue weighted by atomic mass is 16.2. The van der Waals surface area contributed by atoms with E-state index in [0.29, 0.717) is 18.8 Å². The van der Waals surface area contributed by atoms with E-state index in [1.165, 1.54) is 0 Å². The summed E-state index contributed by atoms with van der Waals surface area (Å²) in [5, 5.41) is 0. The van der Waals surface area contributed by atoms with Crippen LogP contribution in [0.25, 0.3) is 5.65 Å². The molecule has 0 spiro atoms. The van der Waals surface area contributed by atoms with E-state index in [-0.39, 0.29) is 5.91 Å². The van der Waals surface area contributed by atoms with Gasteiger partial charge in [0, 0.05) is 19.3 Å². The quantitative estimate of drug-likeness (QED) is 0.833. The maximum Gasteiger partial charge on any atom is 0.272 e. The first-order valence-corrected chi connectivity index (χ1v) is 6.33. The molecule has 96 valence electrons. The molecule has 0 fully saturated rings. The van der Waals surface area contributed by atoms with Crippen molar-refractivity contribution in [2.24, 2.45) is 0 Å². The zero-order chi connectivity index (χ0) is 13.3. The van der Waals surface area contributed by atoms with Crippen LogP contribution in [0.15, 0.2) is 18.3 Å². The van der Waals surface area contributed by atoms with Gasteiger partial charge in [0.1, 0.15) is 11.3 Å². The first-order valence-electron chi connectivity index (χ1n) is 6.33. The number of carbonyl (C=O) groups is 1. The smallest absolute Gasteiger partial charge is 0.272 e. The molecule has 4 nitrogen and oxygen atoms in total. The van der Waals surface area contributed by atoms with Crippen molar-refractivity contribution in [1.29, 1.82) is 0 Å². The van der Waals surface area contributed by atoms with Gasteiger partial charge >= 0.3 is 0 Å². The van der Waals surface area contributed by atoms with Crippen molar-refractivity contribution in [2.75, 3.05) is 13.1 Å². The van der Waals surface area contributed by atoms with Crippen molar-refractivity contribution in [3.63, 3.8) is 0 Å². The number of imidazole rings is 1. The minimum Gasteiger partial charge on any atom is -0.338 e. The summed E-state index contributed by atoms with van der Waals surface area (Å²) < 4.78 is 1.88. The molecular weight excluding hydrogens is 226 g/mol. The van der Waals surface area contributed by atoms with Gasteiger partial charge < -0.3 is 4.90 Å². The molecule has 0 aliphatic rings. The van der Waals surface area contributed by atoms with Gasteiger partial charge in [0.2, 0.25) is 0 Å². The summed E-state index contributed by atoms with van der Waals surface area (Å²) in [5.74, 6) is 0.0499. The molecule has 2 aromatic rings. The molecule has 0 atom stereocenters. The molecule has 0 unspecified atom stereocenters. The topological polar surface area (TPSA) is 37.6 Å². The zero-order valence-electron chi connectivity index (χ0n) is 11.4. The van der Waals surface area contributed by atoms with E-state index in [0.717, 1.165) is 16.9 Å². The van der Waals surface area contributed by atoms with Gasteiger partial charge in [-0.2, -0.15) is 0 Å². The molecule has 0 N–H and O–H groups in total. The number of pyridine rings is 1. The van der Waals surface area contributed by atoms with E-state index in [4.69, 9.17) is 0 Å². The number of amides is 1. The lowest BCUT2D eigenvalue weighted by Crippen LogP contribution is -2.31. The van der Waals surface area contributed by atoms with E-state index < -0.39 is 0 Å². The highest BCUT2D eigenvalue weighted by Crippen LogP contribution is 2.15. The summed E-state index contributed by atoms with van der Waals surface area (Å²) in [5.41, 5.74) is 3.45. The van der Waals surface area contributed by atoms with Crippen LogP contribution in [0.3, 0.4) is 0 Å². The molecular formula is C14H19N3O.